The van der Waals surface area contributed by atoms with Gasteiger partial charge in [-0.1, -0.05) is 43.6 Å². The molecule has 0 unspecified atom stereocenters. The van der Waals surface area contributed by atoms with Crippen molar-refractivity contribution in [3.8, 4) is 0 Å². The summed E-state index contributed by atoms with van der Waals surface area (Å²) in [6.07, 6.45) is 5.68. The monoisotopic (exact) mass is 189 g/mol. The highest BCUT2D eigenvalue weighted by Gasteiger charge is 2.20. The lowest BCUT2D eigenvalue weighted by Gasteiger charge is -2.15. The number of rotatable bonds is 3. The highest BCUT2D eigenvalue weighted by Crippen LogP contribution is 2.02. The van der Waals surface area contributed by atoms with Crippen LogP contribution in [0.4, 0.5) is 0 Å². The Morgan fingerprint density at radius 1 is 1.38 bits per heavy atom. The Bertz CT molecular complexity index is 301. The third kappa shape index (κ3) is 2.67. The van der Waals surface area contributed by atoms with Crippen molar-refractivity contribution in [3.05, 3.63) is 48.8 Å². The molecular weight excluding hydrogens is 174 g/mol. The van der Waals surface area contributed by atoms with Crippen LogP contribution in [0.3, 0.4) is 0 Å². The second-order valence-electron chi connectivity index (χ2n) is 3.53. The molecule has 0 aliphatic rings. The van der Waals surface area contributed by atoms with Crippen LogP contribution in [0.5, 0.6) is 0 Å². The Morgan fingerprint density at radius 2 is 2.15 bits per heavy atom. The fourth-order valence-corrected chi connectivity index (χ4v) is 2.86. The third-order valence-electron chi connectivity index (χ3n) is 1.97. The van der Waals surface area contributed by atoms with Crippen LogP contribution in [0, 0.1) is 0 Å². The molecule has 0 spiro atoms. The molecule has 1 rings (SSSR count). The van der Waals surface area contributed by atoms with Crippen LogP contribution in [0.1, 0.15) is 0 Å². The van der Waals surface area contributed by atoms with Crippen molar-refractivity contribution in [3.63, 3.8) is 0 Å². The molecule has 1 heterocycles. The van der Waals surface area contributed by atoms with Gasteiger partial charge >= 0.3 is 0 Å². The zero-order chi connectivity index (χ0) is 9.73. The highest BCUT2D eigenvalue weighted by molar-refractivity contribution is 6.93. The van der Waals surface area contributed by atoms with Gasteiger partial charge in [0.05, 0.1) is 0 Å². The molecule has 0 amide bonds. The largest absolute Gasteiger partial charge is 0.266 e. The van der Waals surface area contributed by atoms with Crippen molar-refractivity contribution in [1.29, 1.82) is 0 Å². The fourth-order valence-electron chi connectivity index (χ4n) is 1.14. The molecule has 0 fully saturated rings. The van der Waals surface area contributed by atoms with Crippen LogP contribution in [0.15, 0.2) is 48.8 Å². The molecule has 1 aromatic heterocycles. The lowest BCUT2D eigenvalue weighted by molar-refractivity contribution is 1.37. The van der Waals surface area contributed by atoms with Crippen LogP contribution in [-0.2, 0) is 0 Å². The van der Waals surface area contributed by atoms with Gasteiger partial charge in [-0.15, -0.1) is 0 Å². The van der Waals surface area contributed by atoms with Gasteiger partial charge in [-0.2, -0.15) is 0 Å². The summed E-state index contributed by atoms with van der Waals surface area (Å²) in [5.74, 6) is 0. The Labute approximate surface area is 80.8 Å². The van der Waals surface area contributed by atoms with E-state index in [2.05, 4.69) is 36.4 Å². The lowest BCUT2D eigenvalue weighted by atomic mass is 10.5. The molecule has 2 heteroatoms. The van der Waals surface area contributed by atoms with Crippen LogP contribution < -0.4 is 5.32 Å². The molecule has 0 aromatic carbocycles. The number of hydrogen-bond donors (Lipinski definition) is 0. The first-order valence-electron chi connectivity index (χ1n) is 4.38. The quantitative estimate of drug-likeness (QED) is 0.525. The molecule has 0 aliphatic carbocycles. The average Bonchev–Trinajstić information content (AvgIpc) is 2.16. The highest BCUT2D eigenvalue weighted by atomic mass is 28.3. The van der Waals surface area contributed by atoms with E-state index in [1.807, 2.05) is 30.5 Å². The van der Waals surface area contributed by atoms with E-state index < -0.39 is 8.07 Å². The number of aromatic nitrogens is 1. The molecule has 0 saturated heterocycles. The third-order valence-corrected chi connectivity index (χ3v) is 4.62. The van der Waals surface area contributed by atoms with Gasteiger partial charge in [-0.3, -0.25) is 4.98 Å². The molecule has 13 heavy (non-hydrogen) atoms. The number of hydrogen-bond acceptors (Lipinski definition) is 1. The maximum absolute atomic E-state index is 4.38. The average molecular weight is 189 g/mol. The van der Waals surface area contributed by atoms with Crippen molar-refractivity contribution in [2.24, 2.45) is 0 Å². The summed E-state index contributed by atoms with van der Waals surface area (Å²) in [6, 6.07) is 6.09. The fraction of sp³-hybridized carbons (Fsp3) is 0.182. The summed E-state index contributed by atoms with van der Waals surface area (Å²) in [6.45, 7) is 8.22. The summed E-state index contributed by atoms with van der Waals surface area (Å²) in [7, 11) is -1.46. The van der Waals surface area contributed by atoms with Crippen LogP contribution in [-0.4, -0.2) is 13.1 Å². The minimum atomic E-state index is -1.46. The van der Waals surface area contributed by atoms with E-state index in [0.717, 1.165) is 0 Å². The molecule has 0 N–H and O–H groups in total. The maximum Gasteiger partial charge on any atom is 0.127 e. The smallest absolute Gasteiger partial charge is 0.127 e. The van der Waals surface area contributed by atoms with E-state index >= 15 is 0 Å². The van der Waals surface area contributed by atoms with Gasteiger partial charge in [-0.25, -0.2) is 0 Å². The molecule has 0 saturated carbocycles. The number of pyridine rings is 1. The summed E-state index contributed by atoms with van der Waals surface area (Å²) in [5.41, 5.74) is 2.24. The minimum absolute atomic E-state index is 1.22. The van der Waals surface area contributed by atoms with Crippen molar-refractivity contribution in [2.45, 2.75) is 13.1 Å². The van der Waals surface area contributed by atoms with E-state index in [0.29, 0.717) is 0 Å². The first-order chi connectivity index (χ1) is 6.17. The van der Waals surface area contributed by atoms with E-state index in [4.69, 9.17) is 0 Å². The topological polar surface area (TPSA) is 12.9 Å². The van der Waals surface area contributed by atoms with Gasteiger partial charge in [0.2, 0.25) is 0 Å². The van der Waals surface area contributed by atoms with Crippen molar-refractivity contribution < 1.29 is 0 Å². The summed E-state index contributed by atoms with van der Waals surface area (Å²) >= 11 is 0. The van der Waals surface area contributed by atoms with E-state index in [9.17, 15) is 0 Å². The van der Waals surface area contributed by atoms with Gasteiger partial charge in [0, 0.05) is 11.5 Å². The number of nitrogens with zero attached hydrogens (tertiary/aromatic N) is 1. The zero-order valence-electron chi connectivity index (χ0n) is 8.20. The molecule has 68 valence electrons. The van der Waals surface area contributed by atoms with Gasteiger partial charge < -0.3 is 0 Å². The van der Waals surface area contributed by atoms with Crippen LogP contribution >= 0.6 is 0 Å². The molecule has 0 radical (unpaired) electrons. The Kier molecular flexibility index (Phi) is 3.20. The first kappa shape index (κ1) is 9.93. The second-order valence-corrected chi connectivity index (χ2v) is 7.82. The Balaban J connectivity index is 2.93. The molecular formula is C11H15NSi. The first-order valence-corrected chi connectivity index (χ1v) is 7.46. The van der Waals surface area contributed by atoms with Crippen LogP contribution in [0.2, 0.25) is 13.1 Å². The minimum Gasteiger partial charge on any atom is -0.266 e. The molecule has 1 nitrogen and oxygen atoms in total. The molecule has 1 aromatic rings. The van der Waals surface area contributed by atoms with Gasteiger partial charge in [0.15, 0.2) is 0 Å². The van der Waals surface area contributed by atoms with Gasteiger partial charge in [0.25, 0.3) is 0 Å². The molecule has 0 atom stereocenters. The zero-order valence-corrected chi connectivity index (χ0v) is 9.20. The van der Waals surface area contributed by atoms with Crippen LogP contribution in [0.25, 0.3) is 0 Å². The summed E-state index contributed by atoms with van der Waals surface area (Å²) in [4.78, 5) is 4.38. The molecule has 0 bridgehead atoms. The second kappa shape index (κ2) is 4.19. The van der Waals surface area contributed by atoms with Crippen molar-refractivity contribution >= 4 is 13.4 Å². The molecule has 0 aliphatic heterocycles. The SMILES string of the molecule is C=C/C=C/[Si](C)(C)c1ccccn1. The van der Waals surface area contributed by atoms with Crippen molar-refractivity contribution in [1.82, 2.24) is 4.98 Å². The van der Waals surface area contributed by atoms with E-state index in [1.54, 1.807) is 0 Å². The summed E-state index contributed by atoms with van der Waals surface area (Å²) in [5, 5.41) is 1.22. The standard InChI is InChI=1S/C11H15NSi/c1-4-5-10-13(2,3)11-8-6-7-9-12-11/h4-10H,1H2,2-3H3/b10-5+. The maximum atomic E-state index is 4.38. The normalized spacial score (nSPS) is 11.8. The lowest BCUT2D eigenvalue weighted by Crippen LogP contribution is -2.41. The van der Waals surface area contributed by atoms with Gasteiger partial charge in [0.1, 0.15) is 8.07 Å². The van der Waals surface area contributed by atoms with Gasteiger partial charge in [-0.05, 0) is 12.1 Å². The Morgan fingerprint density at radius 3 is 2.69 bits per heavy atom. The summed E-state index contributed by atoms with van der Waals surface area (Å²) < 4.78 is 0. The Hall–Kier alpha value is -1.15. The predicted octanol–water partition coefficient (Wildman–Crippen LogP) is 2.28. The number of allylic oxidation sites excluding steroid dienone is 2. The predicted molar refractivity (Wildman–Crippen MR) is 60.7 cm³/mol. The van der Waals surface area contributed by atoms with E-state index in [1.165, 1.54) is 5.32 Å². The van der Waals surface area contributed by atoms with Crippen molar-refractivity contribution in [2.75, 3.05) is 0 Å². The van der Waals surface area contributed by atoms with E-state index in [-0.39, 0.29) is 0 Å².